The van der Waals surface area contributed by atoms with Gasteiger partial charge >= 0.3 is 0 Å². The van der Waals surface area contributed by atoms with E-state index in [4.69, 9.17) is 0 Å². The van der Waals surface area contributed by atoms with Crippen LogP contribution in [0.2, 0.25) is 0 Å². The second kappa shape index (κ2) is 15.2. The first-order valence-electron chi connectivity index (χ1n) is 25.4. The molecule has 0 amide bonds. The number of rotatable bonds is 4. The monoisotopic (exact) mass is 972 g/mol. The number of benzene rings is 13. The van der Waals surface area contributed by atoms with Gasteiger partial charge in [-0.15, -0.1) is 22.7 Å². The van der Waals surface area contributed by atoms with Crippen molar-refractivity contribution in [3.63, 3.8) is 0 Å². The summed E-state index contributed by atoms with van der Waals surface area (Å²) in [6.45, 7) is 0. The molecule has 4 aromatic heterocycles. The summed E-state index contributed by atoms with van der Waals surface area (Å²) < 4.78 is 10.1. The maximum atomic E-state index is 2.50. The van der Waals surface area contributed by atoms with Gasteiger partial charge in [-0.2, -0.15) is 0 Å². The van der Waals surface area contributed by atoms with Crippen LogP contribution < -0.4 is 0 Å². The van der Waals surface area contributed by atoms with E-state index >= 15 is 0 Å². The summed E-state index contributed by atoms with van der Waals surface area (Å²) in [5, 5.41) is 20.4. The zero-order valence-electron chi connectivity index (χ0n) is 39.8. The predicted octanol–water partition coefficient (Wildman–Crippen LogP) is 20.6. The molecule has 0 atom stereocenters. The molecule has 74 heavy (non-hydrogen) atoms. The van der Waals surface area contributed by atoms with Crippen molar-refractivity contribution in [1.82, 2.24) is 9.13 Å². The molecule has 17 aromatic rings. The van der Waals surface area contributed by atoms with Crippen LogP contribution in [0.4, 0.5) is 0 Å². The Labute approximate surface area is 432 Å². The van der Waals surface area contributed by atoms with E-state index in [0.717, 1.165) is 0 Å². The van der Waals surface area contributed by atoms with E-state index in [1.165, 1.54) is 161 Å². The predicted molar refractivity (Wildman–Crippen MR) is 322 cm³/mol. The lowest BCUT2D eigenvalue weighted by molar-refractivity contribution is 1.18. The molecule has 13 aromatic carbocycles. The van der Waals surface area contributed by atoms with E-state index in [0.29, 0.717) is 0 Å². The first-order chi connectivity index (χ1) is 36.7. The molecule has 0 bridgehead atoms. The molecule has 0 fully saturated rings. The number of aromatic nitrogens is 2. The maximum Gasteiger partial charge on any atom is 0.0541 e. The molecule has 0 unspecified atom stereocenters. The number of fused-ring (bicyclic) bond motifs is 18. The van der Waals surface area contributed by atoms with E-state index < -0.39 is 0 Å². The molecular formula is C70H40N2S2. The highest BCUT2D eigenvalue weighted by atomic mass is 32.1. The first kappa shape index (κ1) is 40.5. The van der Waals surface area contributed by atoms with Gasteiger partial charge in [-0.05, 0) is 187 Å². The van der Waals surface area contributed by atoms with Gasteiger partial charge in [0.05, 0.1) is 22.1 Å². The van der Waals surface area contributed by atoms with Gasteiger partial charge < -0.3 is 9.13 Å². The van der Waals surface area contributed by atoms with Crippen LogP contribution in [0.3, 0.4) is 0 Å². The third-order valence-electron chi connectivity index (χ3n) is 16.0. The SMILES string of the molecule is c1ccc(-n2c3ccccc3c3cc(-c4cc5cc6c(cc(-c7ccc8c(c7)c7ccccc7n8-c7ccccc7)c7cc8c(cc76)sc6ccccc68)cc5c5cc6sc7ccccc7c6cc45)ccc32)cc1. The van der Waals surface area contributed by atoms with Crippen molar-refractivity contribution in [1.29, 1.82) is 0 Å². The Morgan fingerprint density at radius 3 is 1.07 bits per heavy atom. The van der Waals surface area contributed by atoms with E-state index in [1.54, 1.807) is 0 Å². The summed E-state index contributed by atoms with van der Waals surface area (Å²) in [4.78, 5) is 0. The largest absolute Gasteiger partial charge is 0.309 e. The molecule has 2 nitrogen and oxygen atoms in total. The van der Waals surface area contributed by atoms with Crippen LogP contribution in [0.5, 0.6) is 0 Å². The Morgan fingerprint density at radius 1 is 0.216 bits per heavy atom. The van der Waals surface area contributed by atoms with Crippen molar-refractivity contribution >= 4 is 150 Å². The Bertz CT molecular complexity index is 4910. The van der Waals surface area contributed by atoms with Crippen molar-refractivity contribution in [2.75, 3.05) is 0 Å². The van der Waals surface area contributed by atoms with Gasteiger partial charge in [-0.3, -0.25) is 0 Å². The lowest BCUT2D eigenvalue weighted by Gasteiger charge is -2.16. The third-order valence-corrected chi connectivity index (χ3v) is 18.3. The lowest BCUT2D eigenvalue weighted by atomic mass is 9.87. The summed E-state index contributed by atoms with van der Waals surface area (Å²) in [5.41, 5.74) is 12.1. The Morgan fingerprint density at radius 2 is 0.608 bits per heavy atom. The smallest absolute Gasteiger partial charge is 0.0541 e. The summed E-state index contributed by atoms with van der Waals surface area (Å²) in [7, 11) is 0. The standard InChI is InChI=1S/C70H40N2S2/c1-3-15-45(16-4-1)71-63-23-11-7-19-47(63)59-31-41(27-29-65(59)71)51-33-43-35-54-44(36-53(43)57-39-69-61(37-55(51)57)49-21-9-13-25-67(49)73-69)34-52(56-38-62-50-22-10-14-26-68(50)74-70(62)40-58(54)56)42-28-30-66-60(32-42)48-20-8-12-24-64(48)72(66)46-17-5-2-6-18-46/h1-40H. The summed E-state index contributed by atoms with van der Waals surface area (Å²) in [6, 6.07) is 91.3. The number of thiophene rings is 2. The Hall–Kier alpha value is -9.06. The molecule has 17 rings (SSSR count). The minimum Gasteiger partial charge on any atom is -0.309 e. The topological polar surface area (TPSA) is 9.86 Å². The van der Waals surface area contributed by atoms with E-state index in [1.807, 2.05) is 22.7 Å². The van der Waals surface area contributed by atoms with Gasteiger partial charge in [-0.25, -0.2) is 0 Å². The molecule has 0 saturated heterocycles. The van der Waals surface area contributed by atoms with Crippen molar-refractivity contribution < 1.29 is 0 Å². The average molecular weight is 973 g/mol. The molecule has 342 valence electrons. The minimum absolute atomic E-state index is 1.17. The lowest BCUT2D eigenvalue weighted by Crippen LogP contribution is -1.93. The summed E-state index contributed by atoms with van der Waals surface area (Å²) in [6.07, 6.45) is 0. The van der Waals surface area contributed by atoms with Crippen LogP contribution in [0, 0.1) is 0 Å². The van der Waals surface area contributed by atoms with E-state index in [-0.39, 0.29) is 0 Å². The summed E-state index contributed by atoms with van der Waals surface area (Å²) >= 11 is 3.79. The summed E-state index contributed by atoms with van der Waals surface area (Å²) in [5.74, 6) is 0. The molecule has 0 radical (unpaired) electrons. The highest BCUT2D eigenvalue weighted by Crippen LogP contribution is 2.48. The quantitative estimate of drug-likeness (QED) is 0.123. The molecule has 4 heteroatoms. The minimum atomic E-state index is 1.17. The van der Waals surface area contributed by atoms with Gasteiger partial charge in [-0.1, -0.05) is 121 Å². The number of hydrogen-bond donors (Lipinski definition) is 0. The second-order valence-corrected chi connectivity index (χ2v) is 22.1. The Kier molecular flexibility index (Phi) is 8.34. The zero-order chi connectivity index (χ0) is 48.2. The molecule has 0 aliphatic carbocycles. The average Bonchev–Trinajstić information content (AvgIpc) is 4.21. The van der Waals surface area contributed by atoms with E-state index in [2.05, 4.69) is 252 Å². The van der Waals surface area contributed by atoms with E-state index in [9.17, 15) is 0 Å². The van der Waals surface area contributed by atoms with Gasteiger partial charge in [0.25, 0.3) is 0 Å². The molecule has 0 spiro atoms. The second-order valence-electron chi connectivity index (χ2n) is 20.0. The fourth-order valence-corrected chi connectivity index (χ4v) is 15.0. The van der Waals surface area contributed by atoms with Crippen molar-refractivity contribution in [3.8, 4) is 33.6 Å². The van der Waals surface area contributed by atoms with Crippen molar-refractivity contribution in [2.45, 2.75) is 0 Å². The molecule has 0 saturated carbocycles. The highest BCUT2D eigenvalue weighted by molar-refractivity contribution is 7.26. The number of nitrogens with zero attached hydrogens (tertiary/aromatic N) is 2. The molecule has 0 N–H and O–H groups in total. The molecule has 0 aliphatic rings. The number of hydrogen-bond acceptors (Lipinski definition) is 2. The van der Waals surface area contributed by atoms with Gasteiger partial charge in [0, 0.05) is 73.3 Å². The van der Waals surface area contributed by atoms with Crippen LogP contribution in [-0.2, 0) is 0 Å². The van der Waals surface area contributed by atoms with Crippen LogP contribution in [0.25, 0.3) is 161 Å². The number of para-hydroxylation sites is 4. The molecule has 0 aliphatic heterocycles. The van der Waals surface area contributed by atoms with Gasteiger partial charge in [0.1, 0.15) is 0 Å². The fraction of sp³-hybridized carbons (Fsp3) is 0. The fourth-order valence-electron chi connectivity index (χ4n) is 12.7. The molecule has 4 heterocycles. The van der Waals surface area contributed by atoms with Crippen molar-refractivity contribution in [2.24, 2.45) is 0 Å². The Balaban J connectivity index is 0.966. The third kappa shape index (κ3) is 5.75. The van der Waals surface area contributed by atoms with Crippen LogP contribution >= 0.6 is 22.7 Å². The highest BCUT2D eigenvalue weighted by Gasteiger charge is 2.21. The van der Waals surface area contributed by atoms with Crippen molar-refractivity contribution in [3.05, 3.63) is 243 Å². The zero-order valence-corrected chi connectivity index (χ0v) is 41.4. The van der Waals surface area contributed by atoms with Crippen LogP contribution in [0.15, 0.2) is 243 Å². The van der Waals surface area contributed by atoms with Crippen LogP contribution in [-0.4, -0.2) is 9.13 Å². The molecular weight excluding hydrogens is 933 g/mol. The van der Waals surface area contributed by atoms with Gasteiger partial charge in [0.15, 0.2) is 0 Å². The normalized spacial score (nSPS) is 12.3. The van der Waals surface area contributed by atoms with Gasteiger partial charge in [0.2, 0.25) is 0 Å². The van der Waals surface area contributed by atoms with Crippen LogP contribution in [0.1, 0.15) is 0 Å². The first-order valence-corrected chi connectivity index (χ1v) is 27.0. The maximum absolute atomic E-state index is 2.50.